The molecule has 1 heterocycles. The van der Waals surface area contributed by atoms with Crippen LogP contribution in [0.2, 0.25) is 0 Å². The number of alkyl halides is 3. The molecule has 1 spiro atoms. The van der Waals surface area contributed by atoms with Gasteiger partial charge in [0.25, 0.3) is 0 Å². The number of benzene rings is 1. The van der Waals surface area contributed by atoms with Crippen molar-refractivity contribution in [3.8, 4) is 5.75 Å². The van der Waals surface area contributed by atoms with Gasteiger partial charge in [0.1, 0.15) is 11.4 Å². The Morgan fingerprint density at radius 1 is 1.04 bits per heavy atom. The molecule has 3 rings (SSSR count). The molecule has 1 aromatic rings. The number of hydrogen-bond acceptors (Lipinski definition) is 3. The van der Waals surface area contributed by atoms with Gasteiger partial charge in [-0.3, -0.25) is 0 Å². The van der Waals surface area contributed by atoms with Crippen LogP contribution >= 0.6 is 0 Å². The van der Waals surface area contributed by atoms with E-state index in [-0.39, 0.29) is 5.57 Å². The summed E-state index contributed by atoms with van der Waals surface area (Å²) in [5.74, 6) is -2.36. The van der Waals surface area contributed by atoms with Crippen molar-refractivity contribution in [2.75, 3.05) is 0 Å². The highest BCUT2D eigenvalue weighted by Crippen LogP contribution is 2.48. The van der Waals surface area contributed by atoms with Crippen molar-refractivity contribution >= 4 is 11.5 Å². The number of ether oxygens (including phenoxy) is 2. The summed E-state index contributed by atoms with van der Waals surface area (Å²) in [5, 5.41) is 0. The van der Waals surface area contributed by atoms with Crippen molar-refractivity contribution in [1.29, 1.82) is 0 Å². The quantitative estimate of drug-likeness (QED) is 0.590. The summed E-state index contributed by atoms with van der Waals surface area (Å²) >= 11 is 0. The van der Waals surface area contributed by atoms with Crippen LogP contribution in [0.1, 0.15) is 37.7 Å². The Bertz CT molecular complexity index is 640. The van der Waals surface area contributed by atoms with Gasteiger partial charge in [0.15, 0.2) is 0 Å². The Balaban J connectivity index is 1.93. The second-order valence-corrected chi connectivity index (χ2v) is 5.71. The highest BCUT2D eigenvalue weighted by atomic mass is 19.4. The number of rotatable bonds is 2. The number of halogens is 4. The van der Waals surface area contributed by atoms with Crippen molar-refractivity contribution in [1.82, 2.24) is 0 Å². The smallest absolute Gasteiger partial charge is 0.449 e. The second-order valence-electron chi connectivity index (χ2n) is 5.71. The molecule has 0 aromatic heterocycles. The molecule has 0 N–H and O–H groups in total. The van der Waals surface area contributed by atoms with Gasteiger partial charge in [-0.25, -0.2) is 4.79 Å². The number of carbonyl (C=O) groups excluding carboxylic acids is 1. The molecule has 124 valence electrons. The monoisotopic (exact) mass is 330 g/mol. The predicted octanol–water partition coefficient (Wildman–Crippen LogP) is 4.53. The van der Waals surface area contributed by atoms with Crippen LogP contribution in [0.25, 0.3) is 5.57 Å². The van der Waals surface area contributed by atoms with E-state index < -0.39 is 29.5 Å². The van der Waals surface area contributed by atoms with Crippen LogP contribution in [0.5, 0.6) is 5.75 Å². The third-order valence-electron chi connectivity index (χ3n) is 4.18. The molecule has 0 unspecified atom stereocenters. The van der Waals surface area contributed by atoms with Crippen molar-refractivity contribution in [3.63, 3.8) is 0 Å². The lowest BCUT2D eigenvalue weighted by atomic mass is 9.77. The van der Waals surface area contributed by atoms with Gasteiger partial charge in [-0.2, -0.15) is 4.39 Å². The van der Waals surface area contributed by atoms with E-state index in [9.17, 15) is 22.4 Å². The van der Waals surface area contributed by atoms with Gasteiger partial charge in [-0.05, 0) is 43.4 Å². The van der Waals surface area contributed by atoms with E-state index in [1.54, 1.807) is 0 Å². The highest BCUT2D eigenvalue weighted by Gasteiger charge is 2.49. The Labute approximate surface area is 129 Å². The van der Waals surface area contributed by atoms with E-state index in [1.165, 1.54) is 12.1 Å². The first-order valence-electron chi connectivity index (χ1n) is 7.31. The second kappa shape index (κ2) is 5.54. The summed E-state index contributed by atoms with van der Waals surface area (Å²) in [7, 11) is 0. The first-order chi connectivity index (χ1) is 10.8. The standard InChI is InChI=1S/C16H14F4O3/c17-13-12(15(23-14(13)21)8-2-1-3-9-15)10-4-6-11(7-5-10)22-16(18,19)20/h4-7H,1-3,8-9H2. The zero-order chi connectivity index (χ0) is 16.7. The van der Waals surface area contributed by atoms with Crippen LogP contribution in [-0.2, 0) is 9.53 Å². The molecule has 1 aromatic carbocycles. The van der Waals surface area contributed by atoms with Crippen molar-refractivity contribution in [3.05, 3.63) is 35.7 Å². The number of esters is 1. The summed E-state index contributed by atoms with van der Waals surface area (Å²) in [6, 6.07) is 4.83. The van der Waals surface area contributed by atoms with Crippen LogP contribution < -0.4 is 4.74 Å². The fourth-order valence-corrected chi connectivity index (χ4v) is 3.26. The first kappa shape index (κ1) is 15.8. The summed E-state index contributed by atoms with van der Waals surface area (Å²) in [6.45, 7) is 0. The highest BCUT2D eigenvalue weighted by molar-refractivity contribution is 6.02. The summed E-state index contributed by atoms with van der Waals surface area (Å²) in [5.41, 5.74) is -0.517. The Morgan fingerprint density at radius 2 is 1.65 bits per heavy atom. The van der Waals surface area contributed by atoms with E-state index in [1.807, 2.05) is 0 Å². The SMILES string of the molecule is O=C1OC2(CCCCC2)C(c2ccc(OC(F)(F)F)cc2)=C1F. The zero-order valence-corrected chi connectivity index (χ0v) is 12.1. The van der Waals surface area contributed by atoms with Crippen LogP contribution in [-0.4, -0.2) is 17.9 Å². The minimum absolute atomic E-state index is 0.140. The van der Waals surface area contributed by atoms with E-state index in [4.69, 9.17) is 4.74 Å². The summed E-state index contributed by atoms with van der Waals surface area (Å²) < 4.78 is 59.9. The van der Waals surface area contributed by atoms with Gasteiger partial charge in [0.2, 0.25) is 5.83 Å². The fraction of sp³-hybridized carbons (Fsp3) is 0.438. The van der Waals surface area contributed by atoms with Gasteiger partial charge in [0.05, 0.1) is 0 Å². The number of hydrogen-bond donors (Lipinski definition) is 0. The molecule has 2 aliphatic rings. The maximum atomic E-state index is 14.3. The topological polar surface area (TPSA) is 35.5 Å². The maximum Gasteiger partial charge on any atom is 0.573 e. The zero-order valence-electron chi connectivity index (χ0n) is 12.1. The molecule has 3 nitrogen and oxygen atoms in total. The van der Waals surface area contributed by atoms with Crippen molar-refractivity contribution in [2.45, 2.75) is 44.1 Å². The number of carbonyl (C=O) groups is 1. The fourth-order valence-electron chi connectivity index (χ4n) is 3.26. The van der Waals surface area contributed by atoms with Crippen LogP contribution in [0, 0.1) is 0 Å². The van der Waals surface area contributed by atoms with E-state index in [0.717, 1.165) is 31.4 Å². The lowest BCUT2D eigenvalue weighted by Crippen LogP contribution is -2.33. The van der Waals surface area contributed by atoms with E-state index >= 15 is 0 Å². The molecular weight excluding hydrogens is 316 g/mol. The van der Waals surface area contributed by atoms with Gasteiger partial charge in [-0.1, -0.05) is 18.6 Å². The molecule has 0 saturated heterocycles. The molecule has 0 atom stereocenters. The minimum Gasteiger partial charge on any atom is -0.449 e. The molecule has 1 aliphatic heterocycles. The molecule has 1 saturated carbocycles. The van der Waals surface area contributed by atoms with Gasteiger partial charge < -0.3 is 9.47 Å². The van der Waals surface area contributed by atoms with Crippen LogP contribution in [0.4, 0.5) is 17.6 Å². The third-order valence-corrected chi connectivity index (χ3v) is 4.18. The average Bonchev–Trinajstić information content (AvgIpc) is 2.70. The lowest BCUT2D eigenvalue weighted by Gasteiger charge is -2.34. The Morgan fingerprint density at radius 3 is 2.22 bits per heavy atom. The van der Waals surface area contributed by atoms with E-state index in [0.29, 0.717) is 18.4 Å². The van der Waals surface area contributed by atoms with Crippen LogP contribution in [0.3, 0.4) is 0 Å². The van der Waals surface area contributed by atoms with Gasteiger partial charge in [-0.15, -0.1) is 13.2 Å². The predicted molar refractivity (Wildman–Crippen MR) is 73.1 cm³/mol. The molecule has 1 fully saturated rings. The molecule has 7 heteroatoms. The van der Waals surface area contributed by atoms with Gasteiger partial charge >= 0.3 is 12.3 Å². The molecule has 0 amide bonds. The summed E-state index contributed by atoms with van der Waals surface area (Å²) in [6.07, 6.45) is -1.17. The van der Waals surface area contributed by atoms with Crippen molar-refractivity contribution in [2.24, 2.45) is 0 Å². The third kappa shape index (κ3) is 3.04. The lowest BCUT2D eigenvalue weighted by molar-refractivity contribution is -0.274. The molecule has 0 bridgehead atoms. The maximum absolute atomic E-state index is 14.3. The van der Waals surface area contributed by atoms with Crippen LogP contribution in [0.15, 0.2) is 30.1 Å². The molecule has 23 heavy (non-hydrogen) atoms. The average molecular weight is 330 g/mol. The van der Waals surface area contributed by atoms with Gasteiger partial charge in [0, 0.05) is 5.57 Å². The minimum atomic E-state index is -4.79. The summed E-state index contributed by atoms with van der Waals surface area (Å²) in [4.78, 5) is 11.7. The Hall–Kier alpha value is -2.05. The molecule has 1 aliphatic carbocycles. The molecule has 0 radical (unpaired) electrons. The first-order valence-corrected chi connectivity index (χ1v) is 7.31. The normalized spacial score (nSPS) is 20.8. The van der Waals surface area contributed by atoms with Crippen molar-refractivity contribution < 1.29 is 31.8 Å². The van der Waals surface area contributed by atoms with E-state index in [2.05, 4.69) is 4.74 Å². The Kier molecular flexibility index (Phi) is 3.82. The molecular formula is C16H14F4O3. The largest absolute Gasteiger partial charge is 0.573 e.